The second-order valence-electron chi connectivity index (χ2n) is 6.95. The highest BCUT2D eigenvalue weighted by Crippen LogP contribution is 2.23. The van der Waals surface area contributed by atoms with Crippen LogP contribution in [0.1, 0.15) is 43.0 Å². The van der Waals surface area contributed by atoms with Crippen LogP contribution in [0.4, 0.5) is 4.79 Å². The molecule has 0 spiro atoms. The highest BCUT2D eigenvalue weighted by molar-refractivity contribution is 5.97. The van der Waals surface area contributed by atoms with Gasteiger partial charge in [-0.3, -0.25) is 10.1 Å². The van der Waals surface area contributed by atoms with E-state index in [1.54, 1.807) is 24.3 Å². The lowest BCUT2D eigenvalue weighted by molar-refractivity contribution is -0.123. The molecule has 1 heterocycles. The third-order valence-corrected chi connectivity index (χ3v) is 4.88. The van der Waals surface area contributed by atoms with Crippen molar-refractivity contribution in [2.45, 2.75) is 38.6 Å². The quantitative estimate of drug-likeness (QED) is 0.616. The first-order valence-electron chi connectivity index (χ1n) is 9.24. The molecule has 0 radical (unpaired) electrons. The van der Waals surface area contributed by atoms with E-state index >= 15 is 0 Å². The SMILES string of the molecule is C[C@H]1CCCC[C@H]1NC(=O)NC(=O)COC(=O)c1cc2ccccc2oc1=O. The van der Waals surface area contributed by atoms with Crippen molar-refractivity contribution in [2.75, 3.05) is 6.61 Å². The molecule has 2 atom stereocenters. The van der Waals surface area contributed by atoms with Crippen molar-refractivity contribution < 1.29 is 23.5 Å². The number of carbonyl (C=O) groups is 3. The lowest BCUT2D eigenvalue weighted by atomic mass is 9.86. The monoisotopic (exact) mass is 386 g/mol. The number of carbonyl (C=O) groups excluding carboxylic acids is 3. The van der Waals surface area contributed by atoms with Crippen LogP contribution in [-0.2, 0) is 9.53 Å². The minimum atomic E-state index is -0.990. The van der Waals surface area contributed by atoms with Gasteiger partial charge in [0.1, 0.15) is 11.1 Å². The molecule has 3 rings (SSSR count). The summed E-state index contributed by atoms with van der Waals surface area (Å²) >= 11 is 0. The van der Waals surface area contributed by atoms with Gasteiger partial charge < -0.3 is 14.5 Å². The van der Waals surface area contributed by atoms with Crippen LogP contribution in [0.3, 0.4) is 0 Å². The molecular weight excluding hydrogens is 364 g/mol. The number of amides is 3. The molecule has 1 aliphatic carbocycles. The lowest BCUT2D eigenvalue weighted by Crippen LogP contribution is -2.48. The molecule has 148 valence electrons. The standard InChI is InChI=1S/C20H22N2O6/c1-12-6-2-4-8-15(12)21-20(26)22-17(23)11-27-18(24)14-10-13-7-3-5-9-16(13)28-19(14)25/h3,5,7,9-10,12,15H,2,4,6,8,11H2,1H3,(H2,21,22,23,26)/t12-,15+/m0/s1. The van der Waals surface area contributed by atoms with Crippen LogP contribution in [-0.4, -0.2) is 30.6 Å². The van der Waals surface area contributed by atoms with Crippen LogP contribution in [0.5, 0.6) is 0 Å². The molecular formula is C20H22N2O6. The molecule has 0 aliphatic heterocycles. The second kappa shape index (κ2) is 8.69. The van der Waals surface area contributed by atoms with E-state index in [1.807, 2.05) is 0 Å². The number of ether oxygens (including phenoxy) is 1. The molecule has 2 N–H and O–H groups in total. The van der Waals surface area contributed by atoms with Gasteiger partial charge in [0.15, 0.2) is 6.61 Å². The van der Waals surface area contributed by atoms with Crippen molar-refractivity contribution >= 4 is 28.9 Å². The zero-order valence-electron chi connectivity index (χ0n) is 15.5. The minimum absolute atomic E-state index is 0.0198. The summed E-state index contributed by atoms with van der Waals surface area (Å²) in [5.41, 5.74) is -0.824. The third kappa shape index (κ3) is 4.76. The molecule has 0 saturated heterocycles. The van der Waals surface area contributed by atoms with E-state index in [0.717, 1.165) is 25.7 Å². The Hall–Kier alpha value is -3.16. The topological polar surface area (TPSA) is 115 Å². The Morgan fingerprint density at radius 2 is 1.93 bits per heavy atom. The fraction of sp³-hybridized carbons (Fsp3) is 0.400. The summed E-state index contributed by atoms with van der Waals surface area (Å²) in [5, 5.41) is 5.46. The number of imide groups is 1. The van der Waals surface area contributed by atoms with Gasteiger partial charge in [-0.05, 0) is 30.9 Å². The molecule has 1 fully saturated rings. The van der Waals surface area contributed by atoms with Crippen LogP contribution in [0.15, 0.2) is 39.5 Å². The summed E-state index contributed by atoms with van der Waals surface area (Å²) < 4.78 is 9.90. The van der Waals surface area contributed by atoms with Crippen LogP contribution in [0.2, 0.25) is 0 Å². The highest BCUT2D eigenvalue weighted by Gasteiger charge is 2.24. The first kappa shape index (κ1) is 19.6. The Morgan fingerprint density at radius 3 is 2.71 bits per heavy atom. The molecule has 8 nitrogen and oxygen atoms in total. The van der Waals surface area contributed by atoms with Gasteiger partial charge >= 0.3 is 17.6 Å². The molecule has 1 aromatic carbocycles. The van der Waals surface area contributed by atoms with E-state index in [1.165, 1.54) is 6.07 Å². The molecule has 0 unspecified atom stereocenters. The molecule has 1 aliphatic rings. The van der Waals surface area contributed by atoms with Crippen LogP contribution < -0.4 is 16.3 Å². The first-order chi connectivity index (χ1) is 13.4. The van der Waals surface area contributed by atoms with Crippen LogP contribution >= 0.6 is 0 Å². The largest absolute Gasteiger partial charge is 0.452 e. The zero-order valence-corrected chi connectivity index (χ0v) is 15.5. The maximum atomic E-state index is 12.1. The predicted molar refractivity (Wildman–Crippen MR) is 101 cm³/mol. The number of hydrogen-bond donors (Lipinski definition) is 2. The number of hydrogen-bond acceptors (Lipinski definition) is 6. The maximum Gasteiger partial charge on any atom is 0.351 e. The summed E-state index contributed by atoms with van der Waals surface area (Å²) in [5.74, 6) is -1.42. The summed E-state index contributed by atoms with van der Waals surface area (Å²) in [4.78, 5) is 47.8. The first-order valence-corrected chi connectivity index (χ1v) is 9.24. The van der Waals surface area contributed by atoms with Crippen molar-refractivity contribution in [2.24, 2.45) is 5.92 Å². The van der Waals surface area contributed by atoms with E-state index in [2.05, 4.69) is 17.6 Å². The van der Waals surface area contributed by atoms with Gasteiger partial charge in [-0.2, -0.15) is 0 Å². The van der Waals surface area contributed by atoms with E-state index < -0.39 is 30.1 Å². The van der Waals surface area contributed by atoms with E-state index in [-0.39, 0.29) is 11.6 Å². The Kier molecular flexibility index (Phi) is 6.08. The van der Waals surface area contributed by atoms with Gasteiger partial charge in [-0.1, -0.05) is 38.0 Å². The molecule has 0 bridgehead atoms. The smallest absolute Gasteiger partial charge is 0.351 e. The Balaban J connectivity index is 1.53. The lowest BCUT2D eigenvalue weighted by Gasteiger charge is -2.29. The highest BCUT2D eigenvalue weighted by atomic mass is 16.5. The molecule has 3 amide bonds. The number of nitrogens with one attached hydrogen (secondary N) is 2. The molecule has 1 saturated carbocycles. The number of fused-ring (bicyclic) bond motifs is 1. The van der Waals surface area contributed by atoms with Crippen molar-refractivity contribution in [3.63, 3.8) is 0 Å². The van der Waals surface area contributed by atoms with Crippen molar-refractivity contribution in [1.29, 1.82) is 0 Å². The van der Waals surface area contributed by atoms with Gasteiger partial charge in [0, 0.05) is 11.4 Å². The van der Waals surface area contributed by atoms with Crippen LogP contribution in [0.25, 0.3) is 11.0 Å². The van der Waals surface area contributed by atoms with Gasteiger partial charge in [-0.25, -0.2) is 14.4 Å². The zero-order chi connectivity index (χ0) is 20.1. The average molecular weight is 386 g/mol. The fourth-order valence-corrected chi connectivity index (χ4v) is 3.31. The van der Waals surface area contributed by atoms with Crippen LogP contribution in [0, 0.1) is 5.92 Å². The predicted octanol–water partition coefficient (Wildman–Crippen LogP) is 2.35. The summed E-state index contributed by atoms with van der Waals surface area (Å²) in [6, 6.07) is 7.46. The number of benzene rings is 1. The minimum Gasteiger partial charge on any atom is -0.452 e. The Bertz CT molecular complexity index is 951. The van der Waals surface area contributed by atoms with Crippen molar-refractivity contribution in [3.8, 4) is 0 Å². The van der Waals surface area contributed by atoms with E-state index in [4.69, 9.17) is 9.15 Å². The third-order valence-electron chi connectivity index (χ3n) is 4.88. The maximum absolute atomic E-state index is 12.1. The van der Waals surface area contributed by atoms with Gasteiger partial charge in [-0.15, -0.1) is 0 Å². The van der Waals surface area contributed by atoms with Crippen molar-refractivity contribution in [1.82, 2.24) is 10.6 Å². The number of rotatable bonds is 4. The Labute approximate surface area is 161 Å². The second-order valence-corrected chi connectivity index (χ2v) is 6.95. The van der Waals surface area contributed by atoms with E-state index in [9.17, 15) is 19.2 Å². The van der Waals surface area contributed by atoms with Gasteiger partial charge in [0.05, 0.1) is 0 Å². The van der Waals surface area contributed by atoms with Crippen molar-refractivity contribution in [3.05, 3.63) is 46.3 Å². The molecule has 8 heteroatoms. The number of urea groups is 1. The molecule has 2 aromatic rings. The average Bonchev–Trinajstić information content (AvgIpc) is 2.67. The fourth-order valence-electron chi connectivity index (χ4n) is 3.31. The summed E-state index contributed by atoms with van der Waals surface area (Å²) in [7, 11) is 0. The Morgan fingerprint density at radius 1 is 1.18 bits per heavy atom. The normalized spacial score (nSPS) is 19.0. The summed E-state index contributed by atoms with van der Waals surface area (Å²) in [6.07, 6.45) is 4.08. The van der Waals surface area contributed by atoms with Gasteiger partial charge in [0.25, 0.3) is 5.91 Å². The number of para-hydroxylation sites is 1. The number of esters is 1. The van der Waals surface area contributed by atoms with E-state index in [0.29, 0.717) is 16.9 Å². The van der Waals surface area contributed by atoms with Gasteiger partial charge in [0.2, 0.25) is 0 Å². The summed E-state index contributed by atoms with van der Waals surface area (Å²) in [6.45, 7) is 1.38. The molecule has 1 aromatic heterocycles. The molecule has 28 heavy (non-hydrogen) atoms.